The van der Waals surface area contributed by atoms with Crippen molar-refractivity contribution < 1.29 is 4.74 Å². The first-order valence-electron chi connectivity index (χ1n) is 6.92. The van der Waals surface area contributed by atoms with Gasteiger partial charge in [0.1, 0.15) is 0 Å². The molecular formula is C15H24N2O. The molecule has 1 aliphatic heterocycles. The van der Waals surface area contributed by atoms with E-state index in [1.54, 1.807) is 0 Å². The van der Waals surface area contributed by atoms with Crippen LogP contribution >= 0.6 is 0 Å². The molecule has 0 radical (unpaired) electrons. The van der Waals surface area contributed by atoms with Crippen LogP contribution in [0.25, 0.3) is 0 Å². The fourth-order valence-corrected chi connectivity index (χ4v) is 2.76. The van der Waals surface area contributed by atoms with E-state index in [1.807, 2.05) is 6.92 Å². The predicted molar refractivity (Wildman–Crippen MR) is 76.0 cm³/mol. The normalized spacial score (nSPS) is 19.9. The molecule has 0 aromatic heterocycles. The predicted octanol–water partition coefficient (Wildman–Crippen LogP) is 2.19. The van der Waals surface area contributed by atoms with Gasteiger partial charge >= 0.3 is 0 Å². The van der Waals surface area contributed by atoms with Crippen molar-refractivity contribution in [3.8, 4) is 0 Å². The molecule has 0 bridgehead atoms. The highest BCUT2D eigenvalue weighted by Crippen LogP contribution is 2.31. The van der Waals surface area contributed by atoms with E-state index in [9.17, 15) is 0 Å². The SMILES string of the molecule is CCOC(CN)CCN1c2ccccc2CC1C. The number of ether oxygens (including phenoxy) is 1. The zero-order chi connectivity index (χ0) is 13.0. The van der Waals surface area contributed by atoms with Crippen LogP contribution in [0.4, 0.5) is 5.69 Å². The molecule has 1 aliphatic rings. The molecule has 0 fully saturated rings. The molecule has 2 unspecified atom stereocenters. The third kappa shape index (κ3) is 2.85. The van der Waals surface area contributed by atoms with Crippen molar-refractivity contribution >= 4 is 5.69 Å². The lowest BCUT2D eigenvalue weighted by molar-refractivity contribution is 0.0642. The minimum atomic E-state index is 0.190. The number of nitrogens with zero attached hydrogens (tertiary/aromatic N) is 1. The van der Waals surface area contributed by atoms with Crippen LogP contribution in [-0.4, -0.2) is 31.8 Å². The fourth-order valence-electron chi connectivity index (χ4n) is 2.76. The standard InChI is InChI=1S/C15H24N2O/c1-3-18-14(11-16)8-9-17-12(2)10-13-6-4-5-7-15(13)17/h4-7,12,14H,3,8-11,16H2,1-2H3. The average Bonchev–Trinajstić information content (AvgIpc) is 2.70. The molecular weight excluding hydrogens is 224 g/mol. The van der Waals surface area contributed by atoms with Crippen LogP contribution in [0.3, 0.4) is 0 Å². The molecule has 0 aliphatic carbocycles. The van der Waals surface area contributed by atoms with Crippen molar-refractivity contribution in [2.75, 3.05) is 24.6 Å². The molecule has 1 heterocycles. The van der Waals surface area contributed by atoms with Gasteiger partial charge in [-0.1, -0.05) is 18.2 Å². The highest BCUT2D eigenvalue weighted by molar-refractivity contribution is 5.59. The number of hydrogen-bond donors (Lipinski definition) is 1. The van der Waals surface area contributed by atoms with Crippen LogP contribution in [-0.2, 0) is 11.2 Å². The number of anilines is 1. The Labute approximate surface area is 110 Å². The third-order valence-corrected chi connectivity index (χ3v) is 3.71. The Morgan fingerprint density at radius 2 is 2.22 bits per heavy atom. The minimum Gasteiger partial charge on any atom is -0.377 e. The lowest BCUT2D eigenvalue weighted by atomic mass is 10.1. The maximum Gasteiger partial charge on any atom is 0.0713 e. The van der Waals surface area contributed by atoms with Crippen molar-refractivity contribution in [3.63, 3.8) is 0 Å². The Hall–Kier alpha value is -1.06. The topological polar surface area (TPSA) is 38.5 Å². The molecule has 2 rings (SSSR count). The van der Waals surface area contributed by atoms with E-state index in [-0.39, 0.29) is 6.10 Å². The summed E-state index contributed by atoms with van der Waals surface area (Å²) in [6.45, 7) is 6.69. The Kier molecular flexibility index (Phi) is 4.61. The quantitative estimate of drug-likeness (QED) is 0.838. The molecule has 0 saturated heterocycles. The summed E-state index contributed by atoms with van der Waals surface area (Å²) in [6.07, 6.45) is 2.34. The molecule has 18 heavy (non-hydrogen) atoms. The summed E-state index contributed by atoms with van der Waals surface area (Å²) < 4.78 is 5.62. The van der Waals surface area contributed by atoms with Crippen LogP contribution in [0.5, 0.6) is 0 Å². The van der Waals surface area contributed by atoms with Crippen LogP contribution in [0.2, 0.25) is 0 Å². The van der Waals surface area contributed by atoms with Crippen LogP contribution in [0.1, 0.15) is 25.8 Å². The van der Waals surface area contributed by atoms with Crippen molar-refractivity contribution in [1.29, 1.82) is 0 Å². The van der Waals surface area contributed by atoms with Gasteiger partial charge in [0.2, 0.25) is 0 Å². The Morgan fingerprint density at radius 1 is 1.44 bits per heavy atom. The van der Waals surface area contributed by atoms with E-state index in [2.05, 4.69) is 36.1 Å². The molecule has 3 nitrogen and oxygen atoms in total. The molecule has 1 aromatic carbocycles. The first-order valence-corrected chi connectivity index (χ1v) is 6.92. The third-order valence-electron chi connectivity index (χ3n) is 3.71. The fraction of sp³-hybridized carbons (Fsp3) is 0.600. The Balaban J connectivity index is 1.97. The van der Waals surface area contributed by atoms with Crippen molar-refractivity contribution in [2.45, 2.75) is 38.8 Å². The summed E-state index contributed by atoms with van der Waals surface area (Å²) in [5.41, 5.74) is 8.58. The molecule has 2 N–H and O–H groups in total. The molecule has 0 spiro atoms. The largest absolute Gasteiger partial charge is 0.377 e. The second kappa shape index (κ2) is 6.21. The zero-order valence-electron chi connectivity index (χ0n) is 11.4. The van der Waals surface area contributed by atoms with E-state index < -0.39 is 0 Å². The summed E-state index contributed by atoms with van der Waals surface area (Å²) >= 11 is 0. The molecule has 100 valence electrons. The monoisotopic (exact) mass is 248 g/mol. The summed E-state index contributed by atoms with van der Waals surface area (Å²) in [5, 5.41) is 0. The van der Waals surface area contributed by atoms with Gasteiger partial charge in [-0.15, -0.1) is 0 Å². The summed E-state index contributed by atoms with van der Waals surface area (Å²) in [5.74, 6) is 0. The van der Waals surface area contributed by atoms with Crippen molar-refractivity contribution in [1.82, 2.24) is 0 Å². The maximum atomic E-state index is 5.73. The molecule has 3 heteroatoms. The second-order valence-electron chi connectivity index (χ2n) is 4.98. The first kappa shape index (κ1) is 13.4. The van der Waals surface area contributed by atoms with Crippen LogP contribution < -0.4 is 10.6 Å². The van der Waals surface area contributed by atoms with E-state index in [4.69, 9.17) is 10.5 Å². The van der Waals surface area contributed by atoms with Gasteiger partial charge in [-0.25, -0.2) is 0 Å². The average molecular weight is 248 g/mol. The van der Waals surface area contributed by atoms with E-state index in [0.717, 1.165) is 26.0 Å². The summed E-state index contributed by atoms with van der Waals surface area (Å²) in [6, 6.07) is 9.28. The smallest absolute Gasteiger partial charge is 0.0713 e. The summed E-state index contributed by atoms with van der Waals surface area (Å²) in [7, 11) is 0. The number of fused-ring (bicyclic) bond motifs is 1. The number of benzene rings is 1. The number of hydrogen-bond acceptors (Lipinski definition) is 3. The van der Waals surface area contributed by atoms with Crippen LogP contribution in [0, 0.1) is 0 Å². The number of nitrogens with two attached hydrogens (primary N) is 1. The molecule has 2 atom stereocenters. The highest BCUT2D eigenvalue weighted by atomic mass is 16.5. The maximum absolute atomic E-state index is 5.73. The second-order valence-corrected chi connectivity index (χ2v) is 4.98. The van der Waals surface area contributed by atoms with Gasteiger partial charge in [0.15, 0.2) is 0 Å². The van der Waals surface area contributed by atoms with Crippen molar-refractivity contribution in [3.05, 3.63) is 29.8 Å². The van der Waals surface area contributed by atoms with Gasteiger partial charge in [0, 0.05) is 31.4 Å². The van der Waals surface area contributed by atoms with E-state index in [0.29, 0.717) is 12.6 Å². The Bertz CT molecular complexity index is 381. The zero-order valence-corrected chi connectivity index (χ0v) is 11.4. The van der Waals surface area contributed by atoms with Crippen LogP contribution in [0.15, 0.2) is 24.3 Å². The van der Waals surface area contributed by atoms with Gasteiger partial charge in [-0.05, 0) is 38.3 Å². The highest BCUT2D eigenvalue weighted by Gasteiger charge is 2.25. The summed E-state index contributed by atoms with van der Waals surface area (Å²) in [4.78, 5) is 2.48. The van der Waals surface area contributed by atoms with Crippen molar-refractivity contribution in [2.24, 2.45) is 5.73 Å². The lowest BCUT2D eigenvalue weighted by Gasteiger charge is -2.27. The molecule has 0 saturated carbocycles. The van der Waals surface area contributed by atoms with Gasteiger partial charge in [-0.3, -0.25) is 0 Å². The lowest BCUT2D eigenvalue weighted by Crippen LogP contribution is -2.34. The van der Waals surface area contributed by atoms with Gasteiger partial charge < -0.3 is 15.4 Å². The number of rotatable bonds is 6. The number of para-hydroxylation sites is 1. The van der Waals surface area contributed by atoms with Gasteiger partial charge in [0.05, 0.1) is 6.10 Å². The van der Waals surface area contributed by atoms with E-state index in [1.165, 1.54) is 11.3 Å². The van der Waals surface area contributed by atoms with E-state index >= 15 is 0 Å². The van der Waals surface area contributed by atoms with Gasteiger partial charge in [-0.2, -0.15) is 0 Å². The minimum absolute atomic E-state index is 0.190. The molecule has 0 amide bonds. The first-order chi connectivity index (χ1) is 8.76. The molecule has 1 aromatic rings. The van der Waals surface area contributed by atoms with Gasteiger partial charge in [0.25, 0.3) is 0 Å². The Morgan fingerprint density at radius 3 is 2.94 bits per heavy atom.